The zero-order chi connectivity index (χ0) is 30.4. The topological polar surface area (TPSA) is 66.4 Å². The van der Waals surface area contributed by atoms with Crippen LogP contribution in [-0.4, -0.2) is 47.3 Å². The molecule has 0 N–H and O–H groups in total. The molecule has 0 radical (unpaired) electrons. The molecular formula is C35H54N4O2. The molecule has 6 nitrogen and oxygen atoms in total. The minimum Gasteiger partial charge on any atom is -0.362 e. The quantitative estimate of drug-likeness (QED) is 0.227. The van der Waals surface area contributed by atoms with E-state index in [1.54, 1.807) is 13.0 Å². The summed E-state index contributed by atoms with van der Waals surface area (Å²) in [7, 11) is 3.99. The van der Waals surface area contributed by atoms with E-state index in [2.05, 4.69) is 30.7 Å². The van der Waals surface area contributed by atoms with E-state index in [0.29, 0.717) is 17.7 Å². The number of hydrogen-bond acceptors (Lipinski definition) is 5. The van der Waals surface area contributed by atoms with Crippen LogP contribution in [0.25, 0.3) is 10.9 Å². The van der Waals surface area contributed by atoms with Gasteiger partial charge in [0.1, 0.15) is 11.6 Å². The van der Waals surface area contributed by atoms with Gasteiger partial charge in [-0.25, -0.2) is 9.97 Å². The fourth-order valence-corrected chi connectivity index (χ4v) is 5.16. The van der Waals surface area contributed by atoms with Crippen molar-refractivity contribution in [3.63, 3.8) is 0 Å². The summed E-state index contributed by atoms with van der Waals surface area (Å²) in [5, 5.41) is 1.10. The Morgan fingerprint density at radius 2 is 1.49 bits per heavy atom. The van der Waals surface area contributed by atoms with Gasteiger partial charge in [0.15, 0.2) is 0 Å². The van der Waals surface area contributed by atoms with Crippen LogP contribution in [0.4, 0.5) is 5.82 Å². The molecule has 2 amide bonds. The van der Waals surface area contributed by atoms with Crippen molar-refractivity contribution in [2.75, 3.05) is 25.5 Å². The smallest absolute Gasteiger partial charge is 0.261 e. The van der Waals surface area contributed by atoms with E-state index in [0.717, 1.165) is 53.6 Å². The predicted molar refractivity (Wildman–Crippen MR) is 173 cm³/mol. The summed E-state index contributed by atoms with van der Waals surface area (Å²) >= 11 is 0. The van der Waals surface area contributed by atoms with Crippen LogP contribution >= 0.6 is 0 Å². The Hall–Kier alpha value is -3.02. The summed E-state index contributed by atoms with van der Waals surface area (Å²) in [6.07, 6.45) is 16.1. The van der Waals surface area contributed by atoms with E-state index in [4.69, 9.17) is 0 Å². The highest BCUT2D eigenvalue weighted by atomic mass is 16.2. The molecule has 4 rings (SSSR count). The number of amides is 2. The minimum atomic E-state index is -0.123. The Bertz CT molecular complexity index is 1170. The Labute approximate surface area is 249 Å². The van der Waals surface area contributed by atoms with Gasteiger partial charge in [0, 0.05) is 37.2 Å². The number of unbranched alkanes of at least 4 members (excludes halogenated alkanes) is 4. The second kappa shape index (κ2) is 17.7. The number of carbonyl (C=O) groups is 2. The van der Waals surface area contributed by atoms with Gasteiger partial charge >= 0.3 is 0 Å². The molecule has 2 heterocycles. The van der Waals surface area contributed by atoms with E-state index in [9.17, 15) is 9.59 Å². The second-order valence-corrected chi connectivity index (χ2v) is 11.9. The normalized spacial score (nSPS) is 18.9. The second-order valence-electron chi connectivity index (χ2n) is 11.9. The number of aryl methyl sites for hydroxylation is 1. The van der Waals surface area contributed by atoms with Crippen molar-refractivity contribution < 1.29 is 9.59 Å². The number of rotatable bonds is 9. The predicted octanol–water partition coefficient (Wildman–Crippen LogP) is 8.45. The molecule has 0 bridgehead atoms. The van der Waals surface area contributed by atoms with Crippen LogP contribution in [0, 0.1) is 18.8 Å². The number of hydrogen-bond donors (Lipinski definition) is 0. The Kier molecular flexibility index (Phi) is 14.8. The Morgan fingerprint density at radius 3 is 2.07 bits per heavy atom. The molecule has 0 spiro atoms. The summed E-state index contributed by atoms with van der Waals surface area (Å²) in [6, 6.07) is 8.06. The van der Waals surface area contributed by atoms with Crippen LogP contribution in [0.15, 0.2) is 47.6 Å². The molecule has 0 atom stereocenters. The molecular weight excluding hydrogens is 508 g/mol. The van der Waals surface area contributed by atoms with E-state index in [-0.39, 0.29) is 11.8 Å². The van der Waals surface area contributed by atoms with Crippen LogP contribution in [0.1, 0.15) is 105 Å². The number of imide groups is 1. The summed E-state index contributed by atoms with van der Waals surface area (Å²) in [5.74, 6) is 3.59. The molecule has 226 valence electrons. The number of aromatic nitrogens is 2. The number of nitrogens with zero attached hydrogens (tertiary/aromatic N) is 4. The fourth-order valence-electron chi connectivity index (χ4n) is 5.16. The highest BCUT2D eigenvalue weighted by Crippen LogP contribution is 2.27. The molecule has 0 unspecified atom stereocenters. The van der Waals surface area contributed by atoms with Crippen LogP contribution in [-0.2, 0) is 9.59 Å². The lowest BCUT2D eigenvalue weighted by atomic mass is 9.84. The van der Waals surface area contributed by atoms with Crippen molar-refractivity contribution in [1.29, 1.82) is 0 Å². The van der Waals surface area contributed by atoms with E-state index < -0.39 is 0 Å². The van der Waals surface area contributed by atoms with Crippen molar-refractivity contribution in [2.45, 2.75) is 106 Å². The number of benzene rings is 1. The van der Waals surface area contributed by atoms with Gasteiger partial charge in [-0.15, -0.1) is 0 Å². The fraction of sp³-hybridized carbons (Fsp3) is 0.600. The maximum absolute atomic E-state index is 12.1. The van der Waals surface area contributed by atoms with Gasteiger partial charge in [-0.3, -0.25) is 14.5 Å². The van der Waals surface area contributed by atoms with Gasteiger partial charge in [-0.05, 0) is 50.7 Å². The maximum Gasteiger partial charge on any atom is 0.261 e. The summed E-state index contributed by atoms with van der Waals surface area (Å²) in [6.45, 7) is 13.1. The average Bonchev–Trinajstić information content (AvgIpc) is 3.15. The standard InChI is InChI=1S/C16H25NO2.C11H13N3.C8H16/c1-4-6-8-9-10-12-17-15(18)13(3)14(16(17)19)11-7-5-2;1-8-12-10-7-5-4-6-9(10)11(13-8)14(2)3;1-7-3-5-8(2)6-4-7/h7,11H,4-6,8-10,12H2,1-3H3;4-7H,1-3H3;7-8H,3-6H2,1-2H3/b11-7-;;. The monoisotopic (exact) mass is 562 g/mol. The number of para-hydroxylation sites is 1. The SMILES string of the molecule is CC/C=C\C1=C(C)C(=O)N(CCCCCCC)C1=O.CC1CCC(C)CC1.Cc1nc(N(C)C)c2ccccc2n1. The zero-order valence-electron chi connectivity index (χ0n) is 27.0. The summed E-state index contributed by atoms with van der Waals surface area (Å²) < 4.78 is 0. The molecule has 1 aliphatic heterocycles. The van der Waals surface area contributed by atoms with Crippen molar-refractivity contribution >= 4 is 28.5 Å². The van der Waals surface area contributed by atoms with E-state index >= 15 is 0 Å². The molecule has 1 saturated carbocycles. The van der Waals surface area contributed by atoms with Gasteiger partial charge in [-0.1, -0.05) is 103 Å². The van der Waals surface area contributed by atoms with Gasteiger partial charge in [0.2, 0.25) is 0 Å². The number of anilines is 1. The highest BCUT2D eigenvalue weighted by molar-refractivity contribution is 6.20. The molecule has 1 fully saturated rings. The third kappa shape index (κ3) is 10.7. The summed E-state index contributed by atoms with van der Waals surface area (Å²) in [5.41, 5.74) is 2.16. The van der Waals surface area contributed by atoms with Crippen LogP contribution < -0.4 is 4.90 Å². The van der Waals surface area contributed by atoms with Crippen LogP contribution in [0.5, 0.6) is 0 Å². The van der Waals surface area contributed by atoms with Crippen molar-refractivity contribution in [2.24, 2.45) is 11.8 Å². The number of allylic oxidation sites excluding steroid dienone is 1. The molecule has 1 aliphatic carbocycles. The maximum atomic E-state index is 12.1. The lowest BCUT2D eigenvalue weighted by Gasteiger charge is -2.22. The summed E-state index contributed by atoms with van der Waals surface area (Å²) in [4.78, 5) is 36.4. The van der Waals surface area contributed by atoms with Gasteiger partial charge < -0.3 is 4.90 Å². The first-order chi connectivity index (χ1) is 19.6. The first kappa shape index (κ1) is 34.2. The lowest BCUT2D eigenvalue weighted by molar-refractivity contribution is -0.137. The number of fused-ring (bicyclic) bond motifs is 1. The third-order valence-electron chi connectivity index (χ3n) is 7.87. The zero-order valence-corrected chi connectivity index (χ0v) is 27.0. The van der Waals surface area contributed by atoms with Crippen molar-refractivity contribution in [1.82, 2.24) is 14.9 Å². The van der Waals surface area contributed by atoms with Gasteiger partial charge in [0.25, 0.3) is 11.8 Å². The van der Waals surface area contributed by atoms with Crippen molar-refractivity contribution in [3.05, 3.63) is 53.4 Å². The molecule has 0 saturated heterocycles. The third-order valence-corrected chi connectivity index (χ3v) is 7.87. The van der Waals surface area contributed by atoms with Gasteiger partial charge in [0.05, 0.1) is 5.52 Å². The largest absolute Gasteiger partial charge is 0.362 e. The Morgan fingerprint density at radius 1 is 0.878 bits per heavy atom. The highest BCUT2D eigenvalue weighted by Gasteiger charge is 2.33. The molecule has 2 aliphatic rings. The van der Waals surface area contributed by atoms with E-state index in [1.165, 1.54) is 49.8 Å². The average molecular weight is 563 g/mol. The first-order valence-electron chi connectivity index (χ1n) is 15.7. The minimum absolute atomic E-state index is 0.115. The lowest BCUT2D eigenvalue weighted by Crippen LogP contribution is -2.32. The van der Waals surface area contributed by atoms with Gasteiger partial charge in [-0.2, -0.15) is 0 Å². The molecule has 6 heteroatoms. The Balaban J connectivity index is 0.000000233. The van der Waals surface area contributed by atoms with Crippen LogP contribution in [0.3, 0.4) is 0 Å². The molecule has 1 aromatic carbocycles. The number of carbonyl (C=O) groups excluding carboxylic acids is 2. The first-order valence-corrected chi connectivity index (χ1v) is 15.7. The van der Waals surface area contributed by atoms with Crippen LogP contribution in [0.2, 0.25) is 0 Å². The molecule has 1 aromatic heterocycles. The molecule has 2 aromatic rings. The van der Waals surface area contributed by atoms with Crippen molar-refractivity contribution in [3.8, 4) is 0 Å². The molecule has 41 heavy (non-hydrogen) atoms. The van der Waals surface area contributed by atoms with E-state index in [1.807, 2.05) is 63.2 Å².